The first-order valence-corrected chi connectivity index (χ1v) is 7.91. The zero-order valence-electron chi connectivity index (χ0n) is 11.9. The number of aromatic nitrogens is 2. The maximum atomic E-state index is 4.63. The molecule has 0 aliphatic carbocycles. The fourth-order valence-corrected chi connectivity index (χ4v) is 2.88. The lowest BCUT2D eigenvalue weighted by atomic mass is 10.1. The summed E-state index contributed by atoms with van der Waals surface area (Å²) >= 11 is 1.63. The lowest BCUT2D eigenvalue weighted by molar-refractivity contribution is 1.07. The molecule has 3 aromatic rings. The Morgan fingerprint density at radius 1 is 1.14 bits per heavy atom. The van der Waals surface area contributed by atoms with Gasteiger partial charge in [0.25, 0.3) is 0 Å². The maximum absolute atomic E-state index is 4.63. The van der Waals surface area contributed by atoms with E-state index in [1.54, 1.807) is 17.5 Å². The van der Waals surface area contributed by atoms with Crippen LogP contribution in [0, 0.1) is 0 Å². The summed E-state index contributed by atoms with van der Waals surface area (Å²) in [6, 6.07) is 14.4. The Hall–Kier alpha value is -2.20. The summed E-state index contributed by atoms with van der Waals surface area (Å²) in [5.41, 5.74) is 4.46. The minimum absolute atomic E-state index is 0.733. The molecule has 1 N–H and O–H groups in total. The quantitative estimate of drug-likeness (QED) is 0.759. The van der Waals surface area contributed by atoms with Gasteiger partial charge in [-0.3, -0.25) is 4.98 Å². The predicted octanol–water partition coefficient (Wildman–Crippen LogP) is 4.38. The lowest BCUT2D eigenvalue weighted by Gasteiger charge is -2.06. The number of benzene rings is 1. The first kappa shape index (κ1) is 13.8. The number of anilines is 1. The Kier molecular flexibility index (Phi) is 4.26. The summed E-state index contributed by atoms with van der Waals surface area (Å²) in [5, 5.41) is 6.48. The highest BCUT2D eigenvalue weighted by Crippen LogP contribution is 2.22. The van der Waals surface area contributed by atoms with E-state index in [9.17, 15) is 0 Å². The number of nitrogens with zero attached hydrogens (tertiary/aromatic N) is 2. The minimum Gasteiger partial charge on any atom is -0.379 e. The first-order chi connectivity index (χ1) is 10.3. The van der Waals surface area contributed by atoms with Crippen molar-refractivity contribution in [1.29, 1.82) is 0 Å². The molecule has 2 heterocycles. The average Bonchev–Trinajstić information content (AvgIpc) is 3.03. The number of thiazole rings is 1. The first-order valence-electron chi connectivity index (χ1n) is 7.04. The molecule has 0 fully saturated rings. The molecule has 2 aromatic heterocycles. The van der Waals surface area contributed by atoms with E-state index >= 15 is 0 Å². The van der Waals surface area contributed by atoms with Crippen molar-refractivity contribution < 1.29 is 0 Å². The van der Waals surface area contributed by atoms with E-state index in [1.807, 2.05) is 18.2 Å². The van der Waals surface area contributed by atoms with E-state index in [1.165, 1.54) is 5.56 Å². The van der Waals surface area contributed by atoms with Crippen molar-refractivity contribution in [1.82, 2.24) is 9.97 Å². The summed E-state index contributed by atoms with van der Waals surface area (Å²) < 4.78 is 0. The van der Waals surface area contributed by atoms with Crippen molar-refractivity contribution in [3.8, 4) is 10.7 Å². The SMILES string of the molecule is CCc1cccc(NCc2csc(-c3ccccn3)n2)c1. The standard InChI is InChI=1S/C17H17N3S/c1-2-13-6-5-7-14(10-13)19-11-15-12-21-17(20-15)16-8-3-4-9-18-16/h3-10,12,19H,2,11H2,1H3. The third-order valence-electron chi connectivity index (χ3n) is 3.24. The van der Waals surface area contributed by atoms with Crippen LogP contribution in [-0.4, -0.2) is 9.97 Å². The van der Waals surface area contributed by atoms with Gasteiger partial charge in [-0.2, -0.15) is 0 Å². The van der Waals surface area contributed by atoms with Crippen molar-refractivity contribution >= 4 is 17.0 Å². The van der Waals surface area contributed by atoms with E-state index < -0.39 is 0 Å². The fraction of sp³-hybridized carbons (Fsp3) is 0.176. The van der Waals surface area contributed by atoms with Crippen LogP contribution >= 0.6 is 11.3 Å². The monoisotopic (exact) mass is 295 g/mol. The number of pyridine rings is 1. The highest BCUT2D eigenvalue weighted by atomic mass is 32.1. The molecule has 3 nitrogen and oxygen atoms in total. The Morgan fingerprint density at radius 2 is 2.10 bits per heavy atom. The molecule has 4 heteroatoms. The van der Waals surface area contributed by atoms with Crippen LogP contribution in [0.25, 0.3) is 10.7 Å². The molecule has 106 valence electrons. The van der Waals surface area contributed by atoms with Gasteiger partial charge in [-0.1, -0.05) is 25.1 Å². The minimum atomic E-state index is 0.733. The van der Waals surface area contributed by atoms with E-state index in [-0.39, 0.29) is 0 Å². The maximum Gasteiger partial charge on any atom is 0.142 e. The van der Waals surface area contributed by atoms with Crippen molar-refractivity contribution in [2.24, 2.45) is 0 Å². The normalized spacial score (nSPS) is 10.5. The molecule has 21 heavy (non-hydrogen) atoms. The molecule has 0 aliphatic rings. The van der Waals surface area contributed by atoms with Crippen LogP contribution < -0.4 is 5.32 Å². The van der Waals surface area contributed by atoms with Crippen LogP contribution in [0.2, 0.25) is 0 Å². The van der Waals surface area contributed by atoms with Crippen molar-refractivity contribution in [3.05, 3.63) is 65.3 Å². The molecule has 0 unspecified atom stereocenters. The molecule has 3 rings (SSSR count). The smallest absolute Gasteiger partial charge is 0.142 e. The number of aryl methyl sites for hydroxylation is 1. The molecule has 0 aliphatic heterocycles. The second kappa shape index (κ2) is 6.50. The van der Waals surface area contributed by atoms with Crippen molar-refractivity contribution in [2.75, 3.05) is 5.32 Å². The van der Waals surface area contributed by atoms with Gasteiger partial charge in [0.1, 0.15) is 5.01 Å². The second-order valence-electron chi connectivity index (χ2n) is 4.77. The van der Waals surface area contributed by atoms with Gasteiger partial charge >= 0.3 is 0 Å². The second-order valence-corrected chi connectivity index (χ2v) is 5.62. The Labute approximate surface area is 128 Å². The van der Waals surface area contributed by atoms with Crippen LogP contribution in [0.4, 0.5) is 5.69 Å². The Bertz CT molecular complexity index is 707. The largest absolute Gasteiger partial charge is 0.379 e. The zero-order valence-corrected chi connectivity index (χ0v) is 12.7. The Morgan fingerprint density at radius 3 is 2.90 bits per heavy atom. The molecule has 0 spiro atoms. The number of nitrogens with one attached hydrogen (secondary N) is 1. The van der Waals surface area contributed by atoms with Crippen LogP contribution in [0.15, 0.2) is 54.0 Å². The molecule has 0 saturated heterocycles. The molecule has 0 bridgehead atoms. The van der Waals surface area contributed by atoms with Crippen molar-refractivity contribution in [2.45, 2.75) is 19.9 Å². The van der Waals surface area contributed by atoms with Gasteiger partial charge in [0.15, 0.2) is 0 Å². The van der Waals surface area contributed by atoms with Gasteiger partial charge < -0.3 is 5.32 Å². The van der Waals surface area contributed by atoms with Gasteiger partial charge in [0, 0.05) is 17.3 Å². The predicted molar refractivity (Wildman–Crippen MR) is 88.5 cm³/mol. The number of rotatable bonds is 5. The van der Waals surface area contributed by atoms with E-state index in [0.717, 1.165) is 35.0 Å². The number of hydrogen-bond acceptors (Lipinski definition) is 4. The summed E-state index contributed by atoms with van der Waals surface area (Å²) in [4.78, 5) is 8.96. The van der Waals surface area contributed by atoms with E-state index in [0.29, 0.717) is 0 Å². The van der Waals surface area contributed by atoms with E-state index in [4.69, 9.17) is 0 Å². The van der Waals surface area contributed by atoms with Crippen LogP contribution in [0.1, 0.15) is 18.2 Å². The molecule has 1 aromatic carbocycles. The van der Waals surface area contributed by atoms with Crippen molar-refractivity contribution in [3.63, 3.8) is 0 Å². The molecular formula is C17H17N3S. The van der Waals surface area contributed by atoms with Gasteiger partial charge in [-0.25, -0.2) is 4.98 Å². The lowest BCUT2D eigenvalue weighted by Crippen LogP contribution is -2.00. The zero-order chi connectivity index (χ0) is 14.5. The summed E-state index contributed by atoms with van der Waals surface area (Å²) in [6.07, 6.45) is 2.85. The third-order valence-corrected chi connectivity index (χ3v) is 4.16. The average molecular weight is 295 g/mol. The van der Waals surface area contributed by atoms with Gasteiger partial charge in [-0.05, 0) is 36.2 Å². The third kappa shape index (κ3) is 3.47. The van der Waals surface area contributed by atoms with Crippen LogP contribution in [-0.2, 0) is 13.0 Å². The molecule has 0 radical (unpaired) electrons. The van der Waals surface area contributed by atoms with Gasteiger partial charge in [0.2, 0.25) is 0 Å². The van der Waals surface area contributed by atoms with Gasteiger partial charge in [-0.15, -0.1) is 11.3 Å². The van der Waals surface area contributed by atoms with Crippen LogP contribution in [0.5, 0.6) is 0 Å². The topological polar surface area (TPSA) is 37.8 Å². The fourth-order valence-electron chi connectivity index (χ4n) is 2.09. The molecule has 0 amide bonds. The van der Waals surface area contributed by atoms with Crippen LogP contribution in [0.3, 0.4) is 0 Å². The highest BCUT2D eigenvalue weighted by molar-refractivity contribution is 7.13. The number of hydrogen-bond donors (Lipinski definition) is 1. The highest BCUT2D eigenvalue weighted by Gasteiger charge is 2.05. The molecule has 0 saturated carbocycles. The van der Waals surface area contributed by atoms with E-state index in [2.05, 4.69) is 51.9 Å². The summed E-state index contributed by atoms with van der Waals surface area (Å²) in [7, 11) is 0. The molecular weight excluding hydrogens is 278 g/mol. The summed E-state index contributed by atoms with van der Waals surface area (Å²) in [5.74, 6) is 0. The van der Waals surface area contributed by atoms with Gasteiger partial charge in [0.05, 0.1) is 17.9 Å². The summed E-state index contributed by atoms with van der Waals surface area (Å²) in [6.45, 7) is 2.90. The Balaban J connectivity index is 1.67. The molecule has 0 atom stereocenters.